The van der Waals surface area contributed by atoms with Gasteiger partial charge in [-0.2, -0.15) is 0 Å². The summed E-state index contributed by atoms with van der Waals surface area (Å²) in [7, 11) is 1.92. The van der Waals surface area contributed by atoms with Crippen molar-refractivity contribution in [3.8, 4) is 0 Å². The Hall–Kier alpha value is -1.84. The number of aliphatic hydroxyl groups excluding tert-OH is 1. The van der Waals surface area contributed by atoms with Gasteiger partial charge in [0.1, 0.15) is 0 Å². The number of aliphatic hydroxyl groups is 1. The molecule has 1 atom stereocenters. The van der Waals surface area contributed by atoms with E-state index in [2.05, 4.69) is 54.8 Å². The van der Waals surface area contributed by atoms with Crippen molar-refractivity contribution in [3.63, 3.8) is 0 Å². The zero-order chi connectivity index (χ0) is 18.1. The van der Waals surface area contributed by atoms with Crippen LogP contribution >= 0.6 is 0 Å². The molecule has 0 aromatic heterocycles. The Kier molecular flexibility index (Phi) is 7.96. The van der Waals surface area contributed by atoms with E-state index in [0.29, 0.717) is 6.54 Å². The highest BCUT2D eigenvalue weighted by Gasteiger charge is 2.09. The quantitative estimate of drug-likeness (QED) is 0.567. The lowest BCUT2D eigenvalue weighted by Crippen LogP contribution is -2.24. The van der Waals surface area contributed by atoms with Gasteiger partial charge in [0.25, 0.3) is 0 Å². The predicted octanol–water partition coefficient (Wildman–Crippen LogP) is 4.25. The van der Waals surface area contributed by atoms with Crippen molar-refractivity contribution in [2.75, 3.05) is 25.5 Å². The van der Waals surface area contributed by atoms with Crippen LogP contribution in [0.4, 0.5) is 5.69 Å². The monoisotopic (exact) mass is 340 g/mol. The second-order valence-corrected chi connectivity index (χ2v) is 6.67. The third-order valence-electron chi connectivity index (χ3n) is 4.73. The molecular formula is C22H32N2O. The minimum Gasteiger partial charge on any atom is -0.388 e. The molecule has 0 saturated carbocycles. The average Bonchev–Trinajstić information content (AvgIpc) is 2.64. The molecule has 0 heterocycles. The highest BCUT2D eigenvalue weighted by molar-refractivity contribution is 5.51. The average molecular weight is 341 g/mol. The van der Waals surface area contributed by atoms with E-state index < -0.39 is 6.10 Å². The molecule has 0 aliphatic carbocycles. The lowest BCUT2D eigenvalue weighted by molar-refractivity contribution is 0.175. The number of hydrogen-bond donors (Lipinski definition) is 3. The maximum atomic E-state index is 10.4. The summed E-state index contributed by atoms with van der Waals surface area (Å²) in [6, 6.07) is 14.8. The van der Waals surface area contributed by atoms with Crippen LogP contribution in [0.3, 0.4) is 0 Å². The molecule has 136 valence electrons. The van der Waals surface area contributed by atoms with Gasteiger partial charge in [0, 0.05) is 19.3 Å². The zero-order valence-electron chi connectivity index (χ0n) is 15.8. The van der Waals surface area contributed by atoms with Crippen LogP contribution in [0.2, 0.25) is 0 Å². The van der Waals surface area contributed by atoms with Crippen LogP contribution in [0.15, 0.2) is 42.5 Å². The topological polar surface area (TPSA) is 44.3 Å². The van der Waals surface area contributed by atoms with E-state index in [1.54, 1.807) is 0 Å². The van der Waals surface area contributed by atoms with Gasteiger partial charge in [-0.15, -0.1) is 0 Å². The first-order valence-corrected chi connectivity index (χ1v) is 9.39. The van der Waals surface area contributed by atoms with Gasteiger partial charge in [-0.25, -0.2) is 0 Å². The first-order valence-electron chi connectivity index (χ1n) is 9.39. The van der Waals surface area contributed by atoms with Crippen LogP contribution < -0.4 is 10.6 Å². The van der Waals surface area contributed by atoms with Crippen LogP contribution in [-0.2, 0) is 12.8 Å². The first kappa shape index (κ1) is 19.5. The molecule has 0 amide bonds. The normalized spacial score (nSPS) is 12.2. The van der Waals surface area contributed by atoms with Crippen molar-refractivity contribution in [1.82, 2.24) is 5.32 Å². The van der Waals surface area contributed by atoms with Gasteiger partial charge >= 0.3 is 0 Å². The number of hydrogen-bond acceptors (Lipinski definition) is 3. The summed E-state index contributed by atoms with van der Waals surface area (Å²) in [5.74, 6) is 0. The fourth-order valence-corrected chi connectivity index (χ4v) is 3.17. The van der Waals surface area contributed by atoms with E-state index >= 15 is 0 Å². The van der Waals surface area contributed by atoms with E-state index in [9.17, 15) is 5.11 Å². The Morgan fingerprint density at radius 2 is 1.76 bits per heavy atom. The summed E-state index contributed by atoms with van der Waals surface area (Å²) in [5, 5.41) is 16.9. The highest BCUT2D eigenvalue weighted by Crippen LogP contribution is 2.20. The van der Waals surface area contributed by atoms with Gasteiger partial charge in [0.2, 0.25) is 0 Å². The number of anilines is 1. The standard InChI is InChI=1S/C22H32N2O/c1-4-5-8-18-9-6-7-10-19(18)13-14-24-16-22(25)20-11-12-21(23-3)17(2)15-20/h6-7,9-12,15,22-25H,4-5,8,13-14,16H2,1-3H3. The molecule has 2 aromatic rings. The summed E-state index contributed by atoms with van der Waals surface area (Å²) in [5.41, 5.74) is 6.11. The molecule has 0 bridgehead atoms. The molecule has 1 unspecified atom stereocenters. The molecule has 0 spiro atoms. The van der Waals surface area contributed by atoms with Crippen molar-refractivity contribution < 1.29 is 5.11 Å². The fraction of sp³-hybridized carbons (Fsp3) is 0.455. The number of unbranched alkanes of at least 4 members (excludes halogenated alkanes) is 1. The molecule has 0 fully saturated rings. The molecule has 0 aliphatic heterocycles. The first-order chi connectivity index (χ1) is 12.2. The van der Waals surface area contributed by atoms with Gasteiger partial charge in [-0.05, 0) is 61.1 Å². The summed E-state index contributed by atoms with van der Waals surface area (Å²) < 4.78 is 0. The smallest absolute Gasteiger partial charge is 0.0914 e. The summed E-state index contributed by atoms with van der Waals surface area (Å²) in [4.78, 5) is 0. The van der Waals surface area contributed by atoms with E-state index in [1.165, 1.54) is 24.0 Å². The minimum absolute atomic E-state index is 0.472. The van der Waals surface area contributed by atoms with Crippen LogP contribution in [0.25, 0.3) is 0 Å². The Labute approximate surface area is 152 Å². The van der Waals surface area contributed by atoms with E-state index in [4.69, 9.17) is 0 Å². The van der Waals surface area contributed by atoms with Crippen molar-refractivity contribution in [1.29, 1.82) is 0 Å². The van der Waals surface area contributed by atoms with Crippen molar-refractivity contribution in [2.24, 2.45) is 0 Å². The number of rotatable bonds is 10. The second kappa shape index (κ2) is 10.2. The minimum atomic E-state index is -0.472. The molecule has 3 heteroatoms. The van der Waals surface area contributed by atoms with Gasteiger partial charge in [0.15, 0.2) is 0 Å². The SMILES string of the molecule is CCCCc1ccccc1CCNCC(O)c1ccc(NC)c(C)c1. The Balaban J connectivity index is 1.82. The third kappa shape index (κ3) is 5.87. The molecule has 25 heavy (non-hydrogen) atoms. The van der Waals surface area contributed by atoms with Crippen LogP contribution in [0.5, 0.6) is 0 Å². The molecule has 3 nitrogen and oxygen atoms in total. The predicted molar refractivity (Wildman–Crippen MR) is 107 cm³/mol. The number of aryl methyl sites for hydroxylation is 2. The maximum Gasteiger partial charge on any atom is 0.0914 e. The molecule has 0 radical (unpaired) electrons. The van der Waals surface area contributed by atoms with Gasteiger partial charge in [-0.3, -0.25) is 0 Å². The molecule has 2 aromatic carbocycles. The summed E-state index contributed by atoms with van der Waals surface area (Å²) >= 11 is 0. The van der Waals surface area contributed by atoms with Crippen molar-refractivity contribution >= 4 is 5.69 Å². The molecule has 3 N–H and O–H groups in total. The Morgan fingerprint density at radius 1 is 1.04 bits per heavy atom. The second-order valence-electron chi connectivity index (χ2n) is 6.67. The van der Waals surface area contributed by atoms with E-state index in [1.807, 2.05) is 19.2 Å². The number of benzene rings is 2. The molecular weight excluding hydrogens is 308 g/mol. The van der Waals surface area contributed by atoms with Gasteiger partial charge < -0.3 is 15.7 Å². The van der Waals surface area contributed by atoms with E-state index in [-0.39, 0.29) is 0 Å². The van der Waals surface area contributed by atoms with Gasteiger partial charge in [0.05, 0.1) is 6.10 Å². The summed E-state index contributed by atoms with van der Waals surface area (Å²) in [6.07, 6.45) is 4.16. The van der Waals surface area contributed by atoms with Crippen molar-refractivity contribution in [3.05, 3.63) is 64.7 Å². The van der Waals surface area contributed by atoms with Crippen LogP contribution in [-0.4, -0.2) is 25.2 Å². The van der Waals surface area contributed by atoms with E-state index in [0.717, 1.165) is 36.2 Å². The lowest BCUT2D eigenvalue weighted by atomic mass is 10.00. The number of nitrogens with one attached hydrogen (secondary N) is 2. The highest BCUT2D eigenvalue weighted by atomic mass is 16.3. The zero-order valence-corrected chi connectivity index (χ0v) is 15.8. The third-order valence-corrected chi connectivity index (χ3v) is 4.73. The molecule has 0 aliphatic rings. The van der Waals surface area contributed by atoms with Crippen LogP contribution in [0.1, 0.15) is 48.1 Å². The molecule has 2 rings (SSSR count). The molecule has 0 saturated heterocycles. The lowest BCUT2D eigenvalue weighted by Gasteiger charge is -2.15. The Morgan fingerprint density at radius 3 is 2.40 bits per heavy atom. The van der Waals surface area contributed by atoms with Crippen molar-refractivity contribution in [2.45, 2.75) is 45.6 Å². The van der Waals surface area contributed by atoms with Crippen LogP contribution in [0, 0.1) is 6.92 Å². The Bertz CT molecular complexity index is 654. The summed E-state index contributed by atoms with van der Waals surface area (Å²) in [6.45, 7) is 5.75. The largest absolute Gasteiger partial charge is 0.388 e. The fourth-order valence-electron chi connectivity index (χ4n) is 3.17. The van der Waals surface area contributed by atoms with Gasteiger partial charge in [-0.1, -0.05) is 49.7 Å². The maximum absolute atomic E-state index is 10.4.